The summed E-state index contributed by atoms with van der Waals surface area (Å²) in [5.74, 6) is -0.295. The van der Waals surface area contributed by atoms with Crippen molar-refractivity contribution in [1.29, 1.82) is 0 Å². The Balaban J connectivity index is 2.13. The van der Waals surface area contributed by atoms with Crippen LogP contribution in [0.4, 0.5) is 5.69 Å². The highest BCUT2D eigenvalue weighted by Gasteiger charge is 2.27. The number of ether oxygens (including phenoxy) is 2. The van der Waals surface area contributed by atoms with E-state index in [9.17, 15) is 14.9 Å². The van der Waals surface area contributed by atoms with Crippen LogP contribution in [0, 0.1) is 10.1 Å². The van der Waals surface area contributed by atoms with E-state index in [2.05, 4.69) is 11.8 Å². The summed E-state index contributed by atoms with van der Waals surface area (Å²) in [7, 11) is 0. The molecule has 1 heterocycles. The molecule has 1 aromatic rings. The lowest BCUT2D eigenvalue weighted by Crippen LogP contribution is -2.38. The van der Waals surface area contributed by atoms with Crippen LogP contribution in [-0.4, -0.2) is 47.1 Å². The summed E-state index contributed by atoms with van der Waals surface area (Å²) < 4.78 is 11.1. The first-order chi connectivity index (χ1) is 11.7. The first-order valence-corrected chi connectivity index (χ1v) is 8.60. The second-order valence-corrected chi connectivity index (χ2v) is 7.19. The molecule has 0 saturated carbocycles. The van der Waals surface area contributed by atoms with Gasteiger partial charge in [0.15, 0.2) is 0 Å². The fraction of sp³-hybridized carbons (Fsp3) is 0.611. The Hall–Kier alpha value is -2.15. The van der Waals surface area contributed by atoms with Gasteiger partial charge in [-0.25, -0.2) is 4.79 Å². The van der Waals surface area contributed by atoms with E-state index in [0.717, 1.165) is 32.5 Å². The average molecular weight is 350 g/mol. The third kappa shape index (κ3) is 5.42. The number of nitrogens with zero attached hydrogens (tertiary/aromatic N) is 2. The molecule has 0 atom stereocenters. The van der Waals surface area contributed by atoms with Crippen LogP contribution in [0.3, 0.4) is 0 Å². The minimum atomic E-state index is -0.715. The van der Waals surface area contributed by atoms with Gasteiger partial charge < -0.3 is 14.4 Å². The van der Waals surface area contributed by atoms with Gasteiger partial charge in [0.25, 0.3) is 5.69 Å². The zero-order valence-electron chi connectivity index (χ0n) is 15.3. The van der Waals surface area contributed by atoms with Gasteiger partial charge in [0, 0.05) is 13.1 Å². The molecule has 7 nitrogen and oxygen atoms in total. The lowest BCUT2D eigenvalue weighted by molar-refractivity contribution is -0.385. The minimum Gasteiger partial charge on any atom is -0.490 e. The fourth-order valence-corrected chi connectivity index (χ4v) is 2.78. The molecule has 1 fully saturated rings. The molecule has 2 rings (SSSR count). The van der Waals surface area contributed by atoms with Gasteiger partial charge in [-0.05, 0) is 52.3 Å². The number of rotatable bonds is 5. The molecule has 25 heavy (non-hydrogen) atoms. The highest BCUT2D eigenvalue weighted by Crippen LogP contribution is 2.28. The van der Waals surface area contributed by atoms with Crippen LogP contribution in [0.2, 0.25) is 0 Å². The highest BCUT2D eigenvalue weighted by molar-refractivity contribution is 5.94. The molecule has 7 heteroatoms. The Morgan fingerprint density at radius 1 is 1.32 bits per heavy atom. The Morgan fingerprint density at radius 2 is 1.96 bits per heavy atom. The van der Waals surface area contributed by atoms with Crippen LogP contribution in [-0.2, 0) is 4.74 Å². The summed E-state index contributed by atoms with van der Waals surface area (Å²) in [6.07, 6.45) is 1.81. The van der Waals surface area contributed by atoms with E-state index in [1.165, 1.54) is 12.1 Å². The molecule has 0 amide bonds. The zero-order chi connectivity index (χ0) is 18.6. The maximum absolute atomic E-state index is 12.2. The van der Waals surface area contributed by atoms with Gasteiger partial charge in [0.2, 0.25) is 0 Å². The lowest BCUT2D eigenvalue weighted by Gasteiger charge is -2.31. The maximum Gasteiger partial charge on any atom is 0.345 e. The summed E-state index contributed by atoms with van der Waals surface area (Å²) >= 11 is 0. The van der Waals surface area contributed by atoms with Gasteiger partial charge in [0.1, 0.15) is 23.0 Å². The Morgan fingerprint density at radius 3 is 2.48 bits per heavy atom. The lowest BCUT2D eigenvalue weighted by atomic mass is 10.1. The molecule has 0 radical (unpaired) electrons. The summed E-state index contributed by atoms with van der Waals surface area (Å²) in [5.41, 5.74) is -1.07. The number of hydrogen-bond acceptors (Lipinski definition) is 6. The molecule has 1 saturated heterocycles. The first kappa shape index (κ1) is 19.2. The number of carbonyl (C=O) groups excluding carboxylic acids is 1. The second-order valence-electron chi connectivity index (χ2n) is 7.19. The molecule has 0 aromatic heterocycles. The van der Waals surface area contributed by atoms with Gasteiger partial charge in [-0.15, -0.1) is 0 Å². The molecule has 0 N–H and O–H groups in total. The molecule has 138 valence electrons. The topological polar surface area (TPSA) is 81.9 Å². The van der Waals surface area contributed by atoms with Crippen molar-refractivity contribution in [3.63, 3.8) is 0 Å². The normalized spacial score (nSPS) is 16.5. The fourth-order valence-electron chi connectivity index (χ4n) is 2.78. The first-order valence-electron chi connectivity index (χ1n) is 8.60. The van der Waals surface area contributed by atoms with Crippen molar-refractivity contribution in [2.45, 2.75) is 52.2 Å². The summed E-state index contributed by atoms with van der Waals surface area (Å²) in [6.45, 7) is 10.2. The van der Waals surface area contributed by atoms with Crippen molar-refractivity contribution in [1.82, 2.24) is 4.90 Å². The summed E-state index contributed by atoms with van der Waals surface area (Å²) in [6, 6.07) is 4.31. The van der Waals surface area contributed by atoms with Crippen LogP contribution in [0.25, 0.3) is 0 Å². The Labute approximate surface area is 148 Å². The zero-order valence-corrected chi connectivity index (χ0v) is 15.3. The van der Waals surface area contributed by atoms with Crippen molar-refractivity contribution in [3.05, 3.63) is 33.9 Å². The predicted molar refractivity (Wildman–Crippen MR) is 94.0 cm³/mol. The SMILES string of the molecule is CCN1CCC(Oc2ccc(C(=O)OC(C)(C)C)c([N+](=O)[O-])c2)CC1. The van der Waals surface area contributed by atoms with E-state index in [4.69, 9.17) is 9.47 Å². The van der Waals surface area contributed by atoms with E-state index < -0.39 is 16.5 Å². The van der Waals surface area contributed by atoms with E-state index in [0.29, 0.717) is 5.75 Å². The van der Waals surface area contributed by atoms with Crippen LogP contribution in [0.15, 0.2) is 18.2 Å². The molecular formula is C18H26N2O5. The molecule has 0 bridgehead atoms. The smallest absolute Gasteiger partial charge is 0.345 e. The van der Waals surface area contributed by atoms with E-state index in [-0.39, 0.29) is 17.4 Å². The third-order valence-electron chi connectivity index (χ3n) is 4.07. The quantitative estimate of drug-likeness (QED) is 0.460. The van der Waals surface area contributed by atoms with Crippen molar-refractivity contribution >= 4 is 11.7 Å². The van der Waals surface area contributed by atoms with Gasteiger partial charge in [-0.3, -0.25) is 10.1 Å². The standard InChI is InChI=1S/C18H26N2O5/c1-5-19-10-8-13(9-11-19)24-14-6-7-15(16(12-14)20(22)23)17(21)25-18(2,3)4/h6-7,12-13H,5,8-11H2,1-4H3. The molecule has 0 spiro atoms. The largest absolute Gasteiger partial charge is 0.490 e. The minimum absolute atomic E-state index is 0.0368. The number of carbonyl (C=O) groups is 1. The van der Waals surface area contributed by atoms with Crippen LogP contribution >= 0.6 is 0 Å². The number of piperidine rings is 1. The Bertz CT molecular complexity index is 631. The average Bonchev–Trinajstić information content (AvgIpc) is 2.53. The van der Waals surface area contributed by atoms with Crippen LogP contribution in [0.5, 0.6) is 5.75 Å². The predicted octanol–water partition coefficient (Wildman–Crippen LogP) is 3.41. The Kier molecular flexibility index (Phi) is 6.00. The molecule has 0 unspecified atom stereocenters. The molecule has 0 aliphatic carbocycles. The summed E-state index contributed by atoms with van der Waals surface area (Å²) in [5, 5.41) is 11.4. The number of benzene rings is 1. The number of nitro benzene ring substituents is 1. The van der Waals surface area contributed by atoms with E-state index in [1.807, 2.05) is 0 Å². The molecule has 1 aliphatic rings. The number of nitro groups is 1. The van der Waals surface area contributed by atoms with E-state index >= 15 is 0 Å². The van der Waals surface area contributed by atoms with Crippen molar-refractivity contribution in [3.8, 4) is 5.75 Å². The van der Waals surface area contributed by atoms with Gasteiger partial charge in [-0.1, -0.05) is 6.92 Å². The van der Waals surface area contributed by atoms with Crippen molar-refractivity contribution in [2.24, 2.45) is 0 Å². The van der Waals surface area contributed by atoms with Crippen molar-refractivity contribution < 1.29 is 19.2 Å². The number of hydrogen-bond donors (Lipinski definition) is 0. The number of likely N-dealkylation sites (tertiary alicyclic amines) is 1. The monoisotopic (exact) mass is 350 g/mol. The van der Waals surface area contributed by atoms with Crippen LogP contribution in [0.1, 0.15) is 50.9 Å². The van der Waals surface area contributed by atoms with Crippen molar-refractivity contribution in [2.75, 3.05) is 19.6 Å². The molecule has 1 aliphatic heterocycles. The van der Waals surface area contributed by atoms with E-state index in [1.54, 1.807) is 26.8 Å². The number of esters is 1. The van der Waals surface area contributed by atoms with Gasteiger partial charge in [-0.2, -0.15) is 0 Å². The summed E-state index contributed by atoms with van der Waals surface area (Å²) in [4.78, 5) is 25.3. The highest BCUT2D eigenvalue weighted by atomic mass is 16.6. The third-order valence-corrected chi connectivity index (χ3v) is 4.07. The molecular weight excluding hydrogens is 324 g/mol. The maximum atomic E-state index is 12.2. The molecule has 1 aromatic carbocycles. The van der Waals surface area contributed by atoms with Gasteiger partial charge >= 0.3 is 5.97 Å². The second kappa shape index (κ2) is 7.82. The van der Waals surface area contributed by atoms with Crippen LogP contribution < -0.4 is 4.74 Å². The van der Waals surface area contributed by atoms with Gasteiger partial charge in [0.05, 0.1) is 11.0 Å².